The third-order valence-electron chi connectivity index (χ3n) is 2.88. The van der Waals surface area contributed by atoms with Crippen LogP contribution in [0.3, 0.4) is 0 Å². The number of carbonyl (C=O) groups is 1. The van der Waals surface area contributed by atoms with Gasteiger partial charge in [0, 0.05) is 18.4 Å². The highest BCUT2D eigenvalue weighted by Gasteiger charge is 2.55. The van der Waals surface area contributed by atoms with E-state index in [1.54, 1.807) is 0 Å². The molecule has 4 heteroatoms. The first kappa shape index (κ1) is 7.98. The van der Waals surface area contributed by atoms with E-state index in [0.29, 0.717) is 6.54 Å². The van der Waals surface area contributed by atoms with Crippen LogP contribution in [-0.2, 0) is 4.79 Å². The van der Waals surface area contributed by atoms with Gasteiger partial charge in [-0.15, -0.1) is 0 Å². The van der Waals surface area contributed by atoms with Crippen molar-refractivity contribution in [1.29, 1.82) is 0 Å². The summed E-state index contributed by atoms with van der Waals surface area (Å²) in [5.41, 5.74) is -2.13. The minimum absolute atomic E-state index is 0.101. The highest BCUT2D eigenvalue weighted by Crippen LogP contribution is 2.46. The third-order valence-corrected chi connectivity index (χ3v) is 2.88. The van der Waals surface area contributed by atoms with Crippen molar-refractivity contribution >= 4 is 5.97 Å². The fourth-order valence-corrected chi connectivity index (χ4v) is 1.90. The van der Waals surface area contributed by atoms with Gasteiger partial charge in [-0.1, -0.05) is 0 Å². The lowest BCUT2D eigenvalue weighted by Crippen LogP contribution is -2.51. The Hall–Kier alpha value is -0.640. The summed E-state index contributed by atoms with van der Waals surface area (Å²) in [5.74, 6) is -1.30. The first-order valence-electron chi connectivity index (χ1n) is 4.24. The molecule has 0 radical (unpaired) electrons. The zero-order chi connectivity index (χ0) is 8.82. The summed E-state index contributed by atoms with van der Waals surface area (Å²) >= 11 is 0. The predicted octanol–water partition coefficient (Wildman–Crippen LogP) is 0.695. The molecule has 1 atom stereocenters. The number of nitrogens with one attached hydrogen (secondary N) is 1. The summed E-state index contributed by atoms with van der Waals surface area (Å²) in [7, 11) is 0. The van der Waals surface area contributed by atoms with E-state index in [1.165, 1.54) is 0 Å². The van der Waals surface area contributed by atoms with Crippen LogP contribution in [-0.4, -0.2) is 28.8 Å². The number of carboxylic acids is 1. The minimum atomic E-state index is -1.97. The second-order valence-electron chi connectivity index (χ2n) is 3.90. The van der Waals surface area contributed by atoms with Gasteiger partial charge in [-0.3, -0.25) is 0 Å². The van der Waals surface area contributed by atoms with Crippen LogP contribution in [0.4, 0.5) is 4.39 Å². The Morgan fingerprint density at radius 3 is 2.58 bits per heavy atom. The Morgan fingerprint density at radius 1 is 1.42 bits per heavy atom. The van der Waals surface area contributed by atoms with Gasteiger partial charge in [0.1, 0.15) is 0 Å². The lowest BCUT2D eigenvalue weighted by atomic mass is 9.88. The van der Waals surface area contributed by atoms with Gasteiger partial charge in [0.05, 0.1) is 0 Å². The van der Waals surface area contributed by atoms with Gasteiger partial charge in [-0.05, 0) is 19.4 Å². The van der Waals surface area contributed by atoms with Crippen molar-refractivity contribution in [3.05, 3.63) is 0 Å². The molecule has 0 amide bonds. The molecule has 0 aromatic rings. The summed E-state index contributed by atoms with van der Waals surface area (Å²) < 4.78 is 13.6. The number of hydrogen-bond donors (Lipinski definition) is 2. The van der Waals surface area contributed by atoms with Crippen LogP contribution in [0.2, 0.25) is 0 Å². The Labute approximate surface area is 70.0 Å². The molecule has 3 nitrogen and oxygen atoms in total. The zero-order valence-corrected chi connectivity index (χ0v) is 6.77. The molecule has 12 heavy (non-hydrogen) atoms. The number of rotatable bonds is 1. The first-order valence-corrected chi connectivity index (χ1v) is 4.24. The van der Waals surface area contributed by atoms with E-state index in [1.807, 2.05) is 0 Å². The van der Waals surface area contributed by atoms with Crippen molar-refractivity contribution in [2.75, 3.05) is 6.54 Å². The fourth-order valence-electron chi connectivity index (χ4n) is 1.90. The average Bonchev–Trinajstić information content (AvgIpc) is 2.68. The maximum absolute atomic E-state index is 13.6. The summed E-state index contributed by atoms with van der Waals surface area (Å²) in [5, 5.41) is 11.8. The number of alkyl halides is 1. The van der Waals surface area contributed by atoms with Gasteiger partial charge >= 0.3 is 5.97 Å². The normalized spacial score (nSPS) is 38.1. The fraction of sp³-hybridized carbons (Fsp3) is 0.875. The molecule has 68 valence electrons. The molecule has 2 N–H and O–H groups in total. The average molecular weight is 173 g/mol. The maximum atomic E-state index is 13.6. The summed E-state index contributed by atoms with van der Waals surface area (Å²) in [4.78, 5) is 10.6. The number of carboxylic acid groups (broad SMARTS) is 1. The molecule has 2 rings (SSSR count). The molecule has 1 aliphatic carbocycles. The third kappa shape index (κ3) is 1.10. The molecule has 1 saturated carbocycles. The van der Waals surface area contributed by atoms with Crippen LogP contribution in [0.5, 0.6) is 0 Å². The van der Waals surface area contributed by atoms with E-state index < -0.39 is 11.6 Å². The summed E-state index contributed by atoms with van der Waals surface area (Å²) in [6, 6.07) is 0. The molecule has 1 unspecified atom stereocenters. The molecule has 1 spiro atoms. The van der Waals surface area contributed by atoms with Crippen molar-refractivity contribution in [2.45, 2.75) is 36.9 Å². The lowest BCUT2D eigenvalue weighted by Gasteiger charge is -2.32. The van der Waals surface area contributed by atoms with E-state index >= 15 is 0 Å². The molecule has 0 bridgehead atoms. The maximum Gasteiger partial charge on any atom is 0.341 e. The Balaban J connectivity index is 2.12. The van der Waals surface area contributed by atoms with E-state index in [4.69, 9.17) is 5.11 Å². The smallest absolute Gasteiger partial charge is 0.341 e. The molecular weight excluding hydrogens is 161 g/mol. The quantitative estimate of drug-likeness (QED) is 0.613. The largest absolute Gasteiger partial charge is 0.479 e. The van der Waals surface area contributed by atoms with Crippen LogP contribution in [0, 0.1) is 0 Å². The van der Waals surface area contributed by atoms with Gasteiger partial charge < -0.3 is 10.4 Å². The van der Waals surface area contributed by atoms with Crippen molar-refractivity contribution in [3.63, 3.8) is 0 Å². The molecular formula is C8H12FNO2. The molecule has 1 aliphatic heterocycles. The molecule has 1 saturated heterocycles. The standard InChI is InChI=1S/C8H12FNO2/c9-8(6(11)12)3-4-10-7(5-8)1-2-7/h10H,1-5H2,(H,11,12). The number of piperidine rings is 1. The minimum Gasteiger partial charge on any atom is -0.479 e. The van der Waals surface area contributed by atoms with Gasteiger partial charge in [0.25, 0.3) is 0 Å². The Bertz CT molecular complexity index is 227. The molecule has 0 aromatic heterocycles. The zero-order valence-electron chi connectivity index (χ0n) is 6.77. The molecule has 2 fully saturated rings. The number of aliphatic carboxylic acids is 1. The van der Waals surface area contributed by atoms with Crippen LogP contribution in [0.1, 0.15) is 25.7 Å². The Morgan fingerprint density at radius 2 is 2.08 bits per heavy atom. The lowest BCUT2D eigenvalue weighted by molar-refractivity contribution is -0.153. The van der Waals surface area contributed by atoms with E-state index in [2.05, 4.69) is 5.32 Å². The van der Waals surface area contributed by atoms with E-state index in [9.17, 15) is 9.18 Å². The topological polar surface area (TPSA) is 49.3 Å². The van der Waals surface area contributed by atoms with E-state index in [-0.39, 0.29) is 18.4 Å². The Kier molecular flexibility index (Phi) is 1.46. The van der Waals surface area contributed by atoms with Crippen molar-refractivity contribution < 1.29 is 14.3 Å². The van der Waals surface area contributed by atoms with Crippen molar-refractivity contribution in [2.24, 2.45) is 0 Å². The first-order chi connectivity index (χ1) is 5.56. The summed E-state index contributed by atoms with van der Waals surface area (Å²) in [6.07, 6.45) is 2.09. The van der Waals surface area contributed by atoms with Crippen molar-refractivity contribution in [3.8, 4) is 0 Å². The number of halogens is 1. The van der Waals surface area contributed by atoms with Crippen LogP contribution in [0.15, 0.2) is 0 Å². The highest BCUT2D eigenvalue weighted by atomic mass is 19.1. The SMILES string of the molecule is O=C(O)C1(F)CCNC2(CC2)C1. The van der Waals surface area contributed by atoms with Crippen LogP contribution in [0.25, 0.3) is 0 Å². The monoisotopic (exact) mass is 173 g/mol. The number of hydrogen-bond acceptors (Lipinski definition) is 2. The van der Waals surface area contributed by atoms with Crippen LogP contribution >= 0.6 is 0 Å². The predicted molar refractivity (Wildman–Crippen MR) is 40.7 cm³/mol. The van der Waals surface area contributed by atoms with Gasteiger partial charge in [-0.2, -0.15) is 0 Å². The van der Waals surface area contributed by atoms with E-state index in [0.717, 1.165) is 12.8 Å². The van der Waals surface area contributed by atoms with Crippen molar-refractivity contribution in [1.82, 2.24) is 5.32 Å². The van der Waals surface area contributed by atoms with Gasteiger partial charge in [-0.25, -0.2) is 9.18 Å². The molecule has 1 heterocycles. The van der Waals surface area contributed by atoms with Crippen LogP contribution < -0.4 is 5.32 Å². The van der Waals surface area contributed by atoms with Gasteiger partial charge in [0.15, 0.2) is 0 Å². The highest BCUT2D eigenvalue weighted by molar-refractivity contribution is 5.77. The summed E-state index contributed by atoms with van der Waals surface area (Å²) in [6.45, 7) is 0.489. The second-order valence-corrected chi connectivity index (χ2v) is 3.90. The molecule has 0 aromatic carbocycles. The molecule has 2 aliphatic rings. The second kappa shape index (κ2) is 2.19. The van der Waals surface area contributed by atoms with Gasteiger partial charge in [0.2, 0.25) is 5.67 Å².